The van der Waals surface area contributed by atoms with E-state index in [1.54, 1.807) is 6.92 Å². The van der Waals surface area contributed by atoms with Crippen LogP contribution < -0.4 is 5.32 Å². The summed E-state index contributed by atoms with van der Waals surface area (Å²) in [5.74, 6) is -0.889. The highest BCUT2D eigenvalue weighted by Gasteiger charge is 2.25. The molecule has 0 saturated heterocycles. The van der Waals surface area contributed by atoms with Crippen LogP contribution in [0.1, 0.15) is 43.2 Å². The molecule has 3 N–H and O–H groups in total. The van der Waals surface area contributed by atoms with E-state index in [2.05, 4.69) is 5.32 Å². The third-order valence-electron chi connectivity index (χ3n) is 4.31. The van der Waals surface area contributed by atoms with Crippen LogP contribution in [0.25, 0.3) is 0 Å². The van der Waals surface area contributed by atoms with Crippen molar-refractivity contribution >= 4 is 5.97 Å². The van der Waals surface area contributed by atoms with E-state index in [0.29, 0.717) is 12.0 Å². The van der Waals surface area contributed by atoms with Gasteiger partial charge in [0.05, 0.1) is 5.92 Å². The molecule has 0 aliphatic heterocycles. The summed E-state index contributed by atoms with van der Waals surface area (Å²) in [5, 5.41) is 21.8. The molecule has 20 heavy (non-hydrogen) atoms. The van der Waals surface area contributed by atoms with E-state index < -0.39 is 11.9 Å². The Morgan fingerprint density at radius 3 is 2.65 bits per heavy atom. The van der Waals surface area contributed by atoms with Crippen LogP contribution >= 0.6 is 0 Å². The SMILES string of the molecule is CC(C(=O)O)c1ccc(CNC2CCCC2CO)cc1. The van der Waals surface area contributed by atoms with Gasteiger partial charge in [-0.05, 0) is 36.8 Å². The van der Waals surface area contributed by atoms with Gasteiger partial charge in [0.1, 0.15) is 0 Å². The fraction of sp³-hybridized carbons (Fsp3) is 0.562. The second-order valence-corrected chi connectivity index (χ2v) is 5.66. The van der Waals surface area contributed by atoms with E-state index in [-0.39, 0.29) is 6.61 Å². The van der Waals surface area contributed by atoms with Gasteiger partial charge in [0, 0.05) is 19.2 Å². The molecule has 0 heterocycles. The van der Waals surface area contributed by atoms with Gasteiger partial charge in [-0.15, -0.1) is 0 Å². The summed E-state index contributed by atoms with van der Waals surface area (Å²) in [4.78, 5) is 10.9. The van der Waals surface area contributed by atoms with Crippen LogP contribution in [0.4, 0.5) is 0 Å². The van der Waals surface area contributed by atoms with Gasteiger partial charge in [-0.3, -0.25) is 4.79 Å². The van der Waals surface area contributed by atoms with E-state index in [1.807, 2.05) is 24.3 Å². The summed E-state index contributed by atoms with van der Waals surface area (Å²) in [6, 6.07) is 8.12. The lowest BCUT2D eigenvalue weighted by atomic mass is 10.00. The van der Waals surface area contributed by atoms with Crippen molar-refractivity contribution in [2.45, 2.75) is 44.7 Å². The number of hydrogen-bond acceptors (Lipinski definition) is 3. The Balaban J connectivity index is 1.89. The zero-order chi connectivity index (χ0) is 14.5. The monoisotopic (exact) mass is 277 g/mol. The standard InChI is InChI=1S/C16H23NO3/c1-11(16(19)20)13-7-5-12(6-8-13)9-17-15-4-2-3-14(15)10-18/h5-8,11,14-15,17-18H,2-4,9-10H2,1H3,(H,19,20). The summed E-state index contributed by atoms with van der Waals surface area (Å²) in [6.45, 7) is 2.72. The predicted octanol–water partition coefficient (Wildman–Crippen LogP) is 2.13. The molecule has 1 aromatic carbocycles. The number of aliphatic hydroxyl groups is 1. The van der Waals surface area contributed by atoms with Gasteiger partial charge in [0.15, 0.2) is 0 Å². The number of nitrogens with one attached hydrogen (secondary N) is 1. The molecule has 1 fully saturated rings. The van der Waals surface area contributed by atoms with E-state index in [1.165, 1.54) is 6.42 Å². The number of benzene rings is 1. The molecule has 4 nitrogen and oxygen atoms in total. The van der Waals surface area contributed by atoms with Crippen LogP contribution in [0.2, 0.25) is 0 Å². The smallest absolute Gasteiger partial charge is 0.310 e. The molecule has 0 bridgehead atoms. The van der Waals surface area contributed by atoms with Crippen molar-refractivity contribution in [3.05, 3.63) is 35.4 Å². The Bertz CT molecular complexity index is 444. The first-order valence-electron chi connectivity index (χ1n) is 7.27. The first-order chi connectivity index (χ1) is 9.61. The molecule has 3 unspecified atom stereocenters. The van der Waals surface area contributed by atoms with Crippen LogP contribution in [0.3, 0.4) is 0 Å². The lowest BCUT2D eigenvalue weighted by Gasteiger charge is -2.19. The molecular formula is C16H23NO3. The molecule has 1 aliphatic carbocycles. The maximum absolute atomic E-state index is 10.9. The van der Waals surface area contributed by atoms with E-state index >= 15 is 0 Å². The Labute approximate surface area is 119 Å². The molecule has 0 radical (unpaired) electrons. The van der Waals surface area contributed by atoms with Crippen LogP contribution in [-0.2, 0) is 11.3 Å². The van der Waals surface area contributed by atoms with E-state index in [9.17, 15) is 9.90 Å². The number of hydrogen-bond donors (Lipinski definition) is 3. The summed E-state index contributed by atoms with van der Waals surface area (Å²) < 4.78 is 0. The molecule has 1 aromatic rings. The van der Waals surface area contributed by atoms with Gasteiger partial charge in [0.2, 0.25) is 0 Å². The van der Waals surface area contributed by atoms with Gasteiger partial charge in [0.25, 0.3) is 0 Å². The molecule has 2 rings (SSSR count). The van der Waals surface area contributed by atoms with Crippen LogP contribution in [0.5, 0.6) is 0 Å². The first kappa shape index (κ1) is 15.0. The van der Waals surface area contributed by atoms with Crippen molar-refractivity contribution in [3.63, 3.8) is 0 Å². The lowest BCUT2D eigenvalue weighted by molar-refractivity contribution is -0.138. The van der Waals surface area contributed by atoms with Crippen molar-refractivity contribution in [2.75, 3.05) is 6.61 Å². The maximum atomic E-state index is 10.9. The van der Waals surface area contributed by atoms with Gasteiger partial charge >= 0.3 is 5.97 Å². The Kier molecular flexibility index (Phi) is 5.15. The number of carboxylic acids is 1. The van der Waals surface area contributed by atoms with Crippen LogP contribution in [-0.4, -0.2) is 28.8 Å². The molecule has 0 spiro atoms. The zero-order valence-electron chi connectivity index (χ0n) is 11.9. The normalized spacial score (nSPS) is 23.7. The largest absolute Gasteiger partial charge is 0.481 e. The molecule has 1 aliphatic rings. The number of rotatable bonds is 6. The quantitative estimate of drug-likeness (QED) is 0.745. The fourth-order valence-electron chi connectivity index (χ4n) is 2.84. The van der Waals surface area contributed by atoms with Crippen molar-refractivity contribution in [1.29, 1.82) is 0 Å². The Morgan fingerprint density at radius 1 is 1.35 bits per heavy atom. The number of aliphatic carboxylic acids is 1. The Hall–Kier alpha value is -1.39. The minimum Gasteiger partial charge on any atom is -0.481 e. The zero-order valence-corrected chi connectivity index (χ0v) is 11.9. The minimum atomic E-state index is -0.799. The average Bonchev–Trinajstić information content (AvgIpc) is 2.92. The lowest BCUT2D eigenvalue weighted by Crippen LogP contribution is -2.33. The molecule has 110 valence electrons. The van der Waals surface area contributed by atoms with Gasteiger partial charge < -0.3 is 15.5 Å². The molecule has 4 heteroatoms. The van der Waals surface area contributed by atoms with Gasteiger partial charge in [-0.25, -0.2) is 0 Å². The number of carboxylic acid groups (broad SMARTS) is 1. The molecule has 0 aromatic heterocycles. The summed E-state index contributed by atoms with van der Waals surface area (Å²) in [6.07, 6.45) is 3.40. The Morgan fingerprint density at radius 2 is 2.05 bits per heavy atom. The van der Waals surface area contributed by atoms with Crippen molar-refractivity contribution < 1.29 is 15.0 Å². The maximum Gasteiger partial charge on any atom is 0.310 e. The highest BCUT2D eigenvalue weighted by molar-refractivity contribution is 5.75. The minimum absolute atomic E-state index is 0.257. The second-order valence-electron chi connectivity index (χ2n) is 5.66. The molecule has 1 saturated carbocycles. The van der Waals surface area contributed by atoms with Crippen molar-refractivity contribution in [1.82, 2.24) is 5.32 Å². The topological polar surface area (TPSA) is 69.6 Å². The summed E-state index contributed by atoms with van der Waals surface area (Å²) >= 11 is 0. The van der Waals surface area contributed by atoms with E-state index in [0.717, 1.165) is 30.5 Å². The fourth-order valence-corrected chi connectivity index (χ4v) is 2.84. The summed E-state index contributed by atoms with van der Waals surface area (Å²) in [5.41, 5.74) is 1.98. The number of aliphatic hydroxyl groups excluding tert-OH is 1. The van der Waals surface area contributed by atoms with Crippen molar-refractivity contribution in [2.24, 2.45) is 5.92 Å². The highest BCUT2D eigenvalue weighted by Crippen LogP contribution is 2.25. The second kappa shape index (κ2) is 6.86. The van der Waals surface area contributed by atoms with Gasteiger partial charge in [-0.1, -0.05) is 30.7 Å². The van der Waals surface area contributed by atoms with Crippen LogP contribution in [0, 0.1) is 5.92 Å². The average molecular weight is 277 g/mol. The van der Waals surface area contributed by atoms with Crippen molar-refractivity contribution in [3.8, 4) is 0 Å². The first-order valence-corrected chi connectivity index (χ1v) is 7.27. The third kappa shape index (κ3) is 3.58. The highest BCUT2D eigenvalue weighted by atomic mass is 16.4. The molecular weight excluding hydrogens is 254 g/mol. The number of carbonyl (C=O) groups is 1. The van der Waals surface area contributed by atoms with Crippen LogP contribution in [0.15, 0.2) is 24.3 Å². The van der Waals surface area contributed by atoms with E-state index in [4.69, 9.17) is 5.11 Å². The third-order valence-corrected chi connectivity index (χ3v) is 4.31. The predicted molar refractivity (Wildman–Crippen MR) is 77.5 cm³/mol. The van der Waals surface area contributed by atoms with Gasteiger partial charge in [-0.2, -0.15) is 0 Å². The summed E-state index contributed by atoms with van der Waals surface area (Å²) in [7, 11) is 0. The molecule has 3 atom stereocenters. The molecule has 0 amide bonds.